The van der Waals surface area contributed by atoms with E-state index in [1.807, 2.05) is 6.07 Å². The number of carbonyl (C=O) groups excluding carboxylic acids is 1. The van der Waals surface area contributed by atoms with Gasteiger partial charge < -0.3 is 5.32 Å². The van der Waals surface area contributed by atoms with Gasteiger partial charge in [0.1, 0.15) is 17.5 Å². The van der Waals surface area contributed by atoms with Crippen molar-refractivity contribution in [1.29, 1.82) is 5.26 Å². The minimum atomic E-state index is -0.547. The number of benzene rings is 1. The lowest BCUT2D eigenvalue weighted by Gasteiger charge is -2.09. The minimum Gasteiger partial charge on any atom is -0.306 e. The number of hydrogen-bond donors (Lipinski definition) is 2. The largest absolute Gasteiger partial charge is 0.324 e. The molecule has 0 atom stereocenters. The van der Waals surface area contributed by atoms with E-state index in [-0.39, 0.29) is 5.56 Å². The Morgan fingerprint density at radius 2 is 2.15 bits per heavy atom. The van der Waals surface area contributed by atoms with Crippen LogP contribution in [0.1, 0.15) is 5.56 Å². The molecule has 0 saturated carbocycles. The predicted octanol–water partition coefficient (Wildman–Crippen LogP) is 3.24. The summed E-state index contributed by atoms with van der Waals surface area (Å²) in [7, 11) is 1.61. The molecule has 0 spiro atoms. The summed E-state index contributed by atoms with van der Waals surface area (Å²) >= 11 is 11.8. The van der Waals surface area contributed by atoms with Gasteiger partial charge in [0.15, 0.2) is 0 Å². The number of carbonyl (C=O) groups is 1. The van der Waals surface area contributed by atoms with Crippen molar-refractivity contribution < 1.29 is 4.79 Å². The van der Waals surface area contributed by atoms with Gasteiger partial charge in [-0.15, -0.1) is 0 Å². The number of hydrogen-bond acceptors (Lipinski definition) is 3. The van der Waals surface area contributed by atoms with E-state index < -0.39 is 6.03 Å². The van der Waals surface area contributed by atoms with Crippen molar-refractivity contribution in [2.45, 2.75) is 0 Å². The fourth-order valence-electron chi connectivity index (χ4n) is 1.52. The fourth-order valence-corrected chi connectivity index (χ4v) is 1.86. The van der Waals surface area contributed by atoms with Crippen LogP contribution in [0.5, 0.6) is 0 Å². The number of rotatable bonds is 2. The van der Waals surface area contributed by atoms with E-state index in [0.717, 1.165) is 0 Å². The van der Waals surface area contributed by atoms with Crippen molar-refractivity contribution in [3.05, 3.63) is 40.0 Å². The van der Waals surface area contributed by atoms with Crippen LogP contribution in [0.15, 0.2) is 24.4 Å². The Morgan fingerprint density at radius 3 is 2.85 bits per heavy atom. The molecule has 0 radical (unpaired) electrons. The SMILES string of the molecule is Cn1ncc(C#N)c1NC(=O)Nc1cc(Cl)ccc1Cl. The Kier molecular flexibility index (Phi) is 4.13. The van der Waals surface area contributed by atoms with Crippen LogP contribution in [0, 0.1) is 11.3 Å². The zero-order valence-electron chi connectivity index (χ0n) is 10.3. The number of aromatic nitrogens is 2. The Morgan fingerprint density at radius 1 is 1.40 bits per heavy atom. The van der Waals surface area contributed by atoms with E-state index in [0.29, 0.717) is 21.6 Å². The summed E-state index contributed by atoms with van der Waals surface area (Å²) in [6.45, 7) is 0. The zero-order valence-corrected chi connectivity index (χ0v) is 11.8. The van der Waals surface area contributed by atoms with E-state index in [1.165, 1.54) is 16.9 Å². The molecule has 1 heterocycles. The molecular weight excluding hydrogens is 301 g/mol. The Balaban J connectivity index is 2.15. The van der Waals surface area contributed by atoms with Crippen LogP contribution < -0.4 is 10.6 Å². The van der Waals surface area contributed by atoms with E-state index in [1.54, 1.807) is 19.2 Å². The third-order valence-corrected chi connectivity index (χ3v) is 3.03. The molecule has 0 fully saturated rings. The lowest BCUT2D eigenvalue weighted by atomic mass is 10.3. The second-order valence-electron chi connectivity index (χ2n) is 3.85. The van der Waals surface area contributed by atoms with Crippen molar-refractivity contribution in [2.75, 3.05) is 10.6 Å². The summed E-state index contributed by atoms with van der Waals surface area (Å²) in [4.78, 5) is 11.9. The number of urea groups is 1. The van der Waals surface area contributed by atoms with Crippen molar-refractivity contribution in [3.8, 4) is 6.07 Å². The summed E-state index contributed by atoms with van der Waals surface area (Å²) in [5.41, 5.74) is 0.636. The zero-order chi connectivity index (χ0) is 14.7. The molecule has 2 aromatic rings. The minimum absolute atomic E-state index is 0.264. The first-order valence-corrected chi connectivity index (χ1v) is 6.22. The van der Waals surface area contributed by atoms with Gasteiger partial charge in [0.2, 0.25) is 0 Å². The highest BCUT2D eigenvalue weighted by molar-refractivity contribution is 6.35. The normalized spacial score (nSPS) is 9.90. The molecule has 20 heavy (non-hydrogen) atoms. The summed E-state index contributed by atoms with van der Waals surface area (Å²) < 4.78 is 1.39. The van der Waals surface area contributed by atoms with Gasteiger partial charge in [-0.1, -0.05) is 23.2 Å². The third-order valence-electron chi connectivity index (χ3n) is 2.47. The van der Waals surface area contributed by atoms with Crippen LogP contribution >= 0.6 is 23.2 Å². The highest BCUT2D eigenvalue weighted by Gasteiger charge is 2.12. The monoisotopic (exact) mass is 309 g/mol. The fraction of sp³-hybridized carbons (Fsp3) is 0.0833. The molecule has 0 aliphatic rings. The van der Waals surface area contributed by atoms with Crippen LogP contribution in [0.25, 0.3) is 0 Å². The van der Waals surface area contributed by atoms with Gasteiger partial charge in [-0.25, -0.2) is 4.79 Å². The molecule has 0 saturated heterocycles. The van der Waals surface area contributed by atoms with E-state index >= 15 is 0 Å². The van der Waals surface area contributed by atoms with Crippen molar-refractivity contribution >= 4 is 40.7 Å². The van der Waals surface area contributed by atoms with E-state index in [4.69, 9.17) is 28.5 Å². The average molecular weight is 310 g/mol. The highest BCUT2D eigenvalue weighted by Crippen LogP contribution is 2.25. The molecule has 2 N–H and O–H groups in total. The van der Waals surface area contributed by atoms with E-state index in [9.17, 15) is 4.79 Å². The molecule has 1 aromatic carbocycles. The number of amides is 2. The van der Waals surface area contributed by atoms with Crippen LogP contribution in [0.4, 0.5) is 16.3 Å². The lowest BCUT2D eigenvalue weighted by molar-refractivity contribution is 0.262. The molecule has 6 nitrogen and oxygen atoms in total. The smallest absolute Gasteiger partial charge is 0.306 e. The van der Waals surface area contributed by atoms with Crippen LogP contribution in [-0.2, 0) is 7.05 Å². The second kappa shape index (κ2) is 5.82. The van der Waals surface area contributed by atoms with Gasteiger partial charge in [0.05, 0.1) is 16.9 Å². The second-order valence-corrected chi connectivity index (χ2v) is 4.69. The molecule has 0 bridgehead atoms. The topological polar surface area (TPSA) is 82.7 Å². The molecule has 2 rings (SSSR count). The van der Waals surface area contributed by atoms with Gasteiger partial charge >= 0.3 is 6.03 Å². The molecule has 0 unspecified atom stereocenters. The maximum Gasteiger partial charge on any atom is 0.324 e. The number of nitrogens with one attached hydrogen (secondary N) is 2. The van der Waals surface area contributed by atoms with Crippen LogP contribution in [0.2, 0.25) is 10.0 Å². The van der Waals surface area contributed by atoms with Crippen LogP contribution in [-0.4, -0.2) is 15.8 Å². The first kappa shape index (κ1) is 14.2. The van der Waals surface area contributed by atoms with Gasteiger partial charge in [0, 0.05) is 12.1 Å². The standard InChI is InChI=1S/C12H9Cl2N5O/c1-19-11(7(5-15)6-16-19)18-12(20)17-10-4-8(13)2-3-9(10)14/h2-4,6H,1H3,(H2,17,18,20). The third kappa shape index (κ3) is 3.02. The Hall–Kier alpha value is -2.23. The average Bonchev–Trinajstić information content (AvgIpc) is 2.75. The lowest BCUT2D eigenvalue weighted by Crippen LogP contribution is -2.21. The molecule has 0 aliphatic carbocycles. The van der Waals surface area contributed by atoms with Gasteiger partial charge in [-0.05, 0) is 18.2 Å². The Bertz CT molecular complexity index is 704. The maximum atomic E-state index is 11.9. The molecule has 0 aliphatic heterocycles. The molecule has 2 amide bonds. The summed E-state index contributed by atoms with van der Waals surface area (Å²) in [6, 6.07) is 6.10. The quantitative estimate of drug-likeness (QED) is 0.893. The summed E-state index contributed by atoms with van der Waals surface area (Å²) in [6.07, 6.45) is 1.36. The van der Waals surface area contributed by atoms with Crippen molar-refractivity contribution in [2.24, 2.45) is 7.05 Å². The van der Waals surface area contributed by atoms with Crippen molar-refractivity contribution in [3.63, 3.8) is 0 Å². The molecule has 102 valence electrons. The van der Waals surface area contributed by atoms with Gasteiger partial charge in [-0.2, -0.15) is 10.4 Å². The maximum absolute atomic E-state index is 11.9. The van der Waals surface area contributed by atoms with Crippen molar-refractivity contribution in [1.82, 2.24) is 9.78 Å². The number of nitrogens with zero attached hydrogens (tertiary/aromatic N) is 3. The number of nitriles is 1. The predicted molar refractivity (Wildman–Crippen MR) is 77.0 cm³/mol. The molecule has 8 heteroatoms. The van der Waals surface area contributed by atoms with E-state index in [2.05, 4.69) is 15.7 Å². The highest BCUT2D eigenvalue weighted by atomic mass is 35.5. The summed E-state index contributed by atoms with van der Waals surface area (Å²) in [5.74, 6) is 0.295. The number of halogens is 2. The number of aryl methyl sites for hydroxylation is 1. The molecular formula is C12H9Cl2N5O. The first-order chi connectivity index (χ1) is 9.51. The Labute approximate surface area is 124 Å². The van der Waals surface area contributed by atoms with Gasteiger partial charge in [0.25, 0.3) is 0 Å². The number of anilines is 2. The van der Waals surface area contributed by atoms with Gasteiger partial charge in [-0.3, -0.25) is 10.00 Å². The molecule has 1 aromatic heterocycles. The summed E-state index contributed by atoms with van der Waals surface area (Å²) in [5, 5.41) is 18.7. The van der Waals surface area contributed by atoms with Crippen LogP contribution in [0.3, 0.4) is 0 Å². The first-order valence-electron chi connectivity index (χ1n) is 5.46.